The highest BCUT2D eigenvalue weighted by atomic mass is 32.2. The van der Waals surface area contributed by atoms with Gasteiger partial charge in [-0.25, -0.2) is 4.79 Å². The maximum absolute atomic E-state index is 14.9. The average molecular weight is 901 g/mol. The molecule has 12 nitrogen and oxygen atoms in total. The molecular formula is C51H76N6O6S. The number of unbranched alkanes of at least 4 members (excludes halogenated alkanes) is 4. The van der Waals surface area contributed by atoms with Crippen LogP contribution in [0, 0.1) is 61.6 Å². The van der Waals surface area contributed by atoms with E-state index in [4.69, 9.17) is 0 Å². The molecule has 0 bridgehead atoms. The van der Waals surface area contributed by atoms with Crippen molar-refractivity contribution in [1.29, 1.82) is 5.26 Å². The van der Waals surface area contributed by atoms with Crippen LogP contribution in [-0.2, 0) is 24.0 Å². The van der Waals surface area contributed by atoms with E-state index in [0.717, 1.165) is 94.8 Å². The maximum atomic E-state index is 14.9. The van der Waals surface area contributed by atoms with Gasteiger partial charge in [0.05, 0.1) is 23.1 Å². The molecule has 5 N–H and O–H groups in total. The number of Topliss-reactive ketones (excluding diaryl/α,β-unsaturated/α-hetero) is 1. The van der Waals surface area contributed by atoms with Crippen molar-refractivity contribution >= 4 is 47.1 Å². The fraction of sp³-hybridized carbons (Fsp3) is 0.784. The Balaban J connectivity index is 0.838. The molecule has 2 unspecified atom stereocenters. The predicted octanol–water partition coefficient (Wildman–Crippen LogP) is 7.62. The van der Waals surface area contributed by atoms with Crippen molar-refractivity contribution in [3.63, 3.8) is 0 Å². The molecule has 0 spiro atoms. The first-order valence-electron chi connectivity index (χ1n) is 24.7. The van der Waals surface area contributed by atoms with Gasteiger partial charge in [-0.3, -0.25) is 24.0 Å². The lowest BCUT2D eigenvalue weighted by atomic mass is 9.34. The number of hydrogen-bond acceptors (Lipinski definition) is 8. The minimum absolute atomic E-state index is 0.0103. The monoisotopic (exact) mass is 901 g/mol. The molecule has 7 rings (SSSR count). The second kappa shape index (κ2) is 18.6. The number of nitrogens with zero attached hydrogens (tertiary/aromatic N) is 1. The zero-order valence-electron chi connectivity index (χ0n) is 39.8. The van der Waals surface area contributed by atoms with Crippen molar-refractivity contribution in [3.05, 3.63) is 23.3 Å². The molecule has 10 atom stereocenters. The van der Waals surface area contributed by atoms with Crippen LogP contribution in [-0.4, -0.2) is 78.0 Å². The van der Waals surface area contributed by atoms with Gasteiger partial charge < -0.3 is 26.6 Å². The Morgan fingerprint density at radius 2 is 1.45 bits per heavy atom. The first kappa shape index (κ1) is 48.3. The Morgan fingerprint density at radius 1 is 0.797 bits per heavy atom. The van der Waals surface area contributed by atoms with E-state index in [1.54, 1.807) is 0 Å². The number of carbonyl (C=O) groups is 6. The van der Waals surface area contributed by atoms with Gasteiger partial charge in [0.1, 0.15) is 6.07 Å². The first-order chi connectivity index (χ1) is 30.2. The van der Waals surface area contributed by atoms with Gasteiger partial charge in [0, 0.05) is 60.2 Å². The fourth-order valence-electron chi connectivity index (χ4n) is 14.2. The second-order valence-corrected chi connectivity index (χ2v) is 24.0. The molecule has 0 aromatic carbocycles. The first-order valence-corrected chi connectivity index (χ1v) is 25.7. The summed E-state index contributed by atoms with van der Waals surface area (Å²) in [5, 5.41) is 25.8. The molecule has 0 radical (unpaired) electrons. The molecule has 0 aromatic heterocycles. The average Bonchev–Trinajstić information content (AvgIpc) is 3.80. The lowest BCUT2D eigenvalue weighted by Crippen LogP contribution is -2.66. The number of amides is 5. The maximum Gasteiger partial charge on any atom is 0.315 e. The van der Waals surface area contributed by atoms with Crippen molar-refractivity contribution < 1.29 is 28.8 Å². The second-order valence-electron chi connectivity index (χ2n) is 22.8. The van der Waals surface area contributed by atoms with E-state index in [-0.39, 0.29) is 87.0 Å². The van der Waals surface area contributed by atoms with Crippen LogP contribution in [0.25, 0.3) is 0 Å². The van der Waals surface area contributed by atoms with E-state index in [1.165, 1.54) is 0 Å². The van der Waals surface area contributed by atoms with Crippen LogP contribution >= 0.6 is 11.8 Å². The minimum atomic E-state index is -0.716. The van der Waals surface area contributed by atoms with Gasteiger partial charge in [-0.1, -0.05) is 79.4 Å². The molecule has 64 heavy (non-hydrogen) atoms. The van der Waals surface area contributed by atoms with Gasteiger partial charge in [0.2, 0.25) is 17.7 Å². The Labute approximate surface area is 386 Å². The van der Waals surface area contributed by atoms with E-state index in [2.05, 4.69) is 67.3 Å². The third kappa shape index (κ3) is 8.84. The Bertz CT molecular complexity index is 1990. The number of urea groups is 1. The summed E-state index contributed by atoms with van der Waals surface area (Å²) in [5.41, 5.74) is -1.44. The summed E-state index contributed by atoms with van der Waals surface area (Å²) in [4.78, 5) is 79.5. The van der Waals surface area contributed by atoms with E-state index in [9.17, 15) is 34.0 Å². The summed E-state index contributed by atoms with van der Waals surface area (Å²) < 4.78 is 0. The Kier molecular flexibility index (Phi) is 14.0. The number of hydrogen-bond donors (Lipinski definition) is 5. The number of rotatable bonds is 17. The van der Waals surface area contributed by atoms with E-state index in [1.807, 2.05) is 37.8 Å². The molecule has 13 heteroatoms. The van der Waals surface area contributed by atoms with Crippen molar-refractivity contribution in [1.82, 2.24) is 26.6 Å². The number of allylic oxidation sites excluding steroid dienone is 4. The van der Waals surface area contributed by atoms with Crippen molar-refractivity contribution in [3.8, 4) is 6.07 Å². The lowest BCUT2D eigenvalue weighted by molar-refractivity contribution is -0.178. The molecule has 2 saturated heterocycles. The standard InChI is InChI=1S/C51H76N6O6S/c1-46(2)20-22-51(23-21-50(7)41(33(51)29-46)35(58)27-38-48(5)28-32(30-52)43(61)47(3,4)37(48)18-19-49(38,50)6)44(62)55-26-14-17-40(60)54-25-13-9-8-12-24-53-39(59)16-11-10-15-36-42-34(31-64-36)56-45(63)57-42/h27-28,33-34,36-37,41-42H,8-26,29,31H2,1-7H3,(H,53,59)(H,54,60)(H,55,62)(H2,56,57,63)/t33?,34-,36-,37-,41?,42-,48-,49+,50+,51-/m0/s1. The molecule has 5 fully saturated rings. The Hall–Kier alpha value is -3.66. The molecule has 5 aliphatic carbocycles. The molecule has 352 valence electrons. The van der Waals surface area contributed by atoms with Gasteiger partial charge >= 0.3 is 6.03 Å². The third-order valence-electron chi connectivity index (χ3n) is 18.0. The van der Waals surface area contributed by atoms with Crippen LogP contribution in [0.3, 0.4) is 0 Å². The molecule has 7 aliphatic rings. The van der Waals surface area contributed by atoms with Crippen LogP contribution in [0.4, 0.5) is 4.79 Å². The number of nitriles is 1. The lowest BCUT2D eigenvalue weighted by Gasteiger charge is -2.69. The minimum Gasteiger partial charge on any atom is -0.356 e. The summed E-state index contributed by atoms with van der Waals surface area (Å²) in [5.74, 6) is 0.607. The van der Waals surface area contributed by atoms with Gasteiger partial charge in [0.15, 0.2) is 11.6 Å². The molecule has 2 heterocycles. The summed E-state index contributed by atoms with van der Waals surface area (Å²) in [6.07, 6.45) is 17.3. The van der Waals surface area contributed by atoms with Gasteiger partial charge in [-0.15, -0.1) is 0 Å². The van der Waals surface area contributed by atoms with Crippen molar-refractivity contribution in [2.24, 2.45) is 50.2 Å². The molecule has 2 aliphatic heterocycles. The van der Waals surface area contributed by atoms with Gasteiger partial charge in [-0.05, 0) is 111 Å². The third-order valence-corrected chi connectivity index (χ3v) is 19.5. The smallest absolute Gasteiger partial charge is 0.315 e. The topological polar surface area (TPSA) is 186 Å². The summed E-state index contributed by atoms with van der Waals surface area (Å²) >= 11 is 1.91. The van der Waals surface area contributed by atoms with E-state index >= 15 is 0 Å². The number of thioether (sulfide) groups is 1. The highest BCUT2D eigenvalue weighted by Gasteiger charge is 2.71. The zero-order chi connectivity index (χ0) is 46.3. The SMILES string of the molecule is CC1(C)CC[C@]2(C(=O)NCCCC(=O)NCCCCCCNC(=O)CCCC[C@@H]3SC[C@@H]4NC(=O)N[C@@H]43)CC[C@]3(C)C(C(=O)C=C4[C@@]5(C)C=C(C#N)C(=O)C(C)(C)[C@@H]5CC[C@]43C)C2C1. The van der Waals surface area contributed by atoms with Crippen LogP contribution in [0.2, 0.25) is 0 Å². The molecule has 5 amide bonds. The van der Waals surface area contributed by atoms with Crippen molar-refractivity contribution in [2.45, 2.75) is 175 Å². The Morgan fingerprint density at radius 3 is 2.14 bits per heavy atom. The van der Waals surface area contributed by atoms with Gasteiger partial charge in [-0.2, -0.15) is 17.0 Å². The summed E-state index contributed by atoms with van der Waals surface area (Å²) in [6, 6.07) is 2.58. The van der Waals surface area contributed by atoms with Crippen LogP contribution in [0.1, 0.15) is 158 Å². The number of fused-ring (bicyclic) bond motifs is 8. The summed E-state index contributed by atoms with van der Waals surface area (Å²) in [6.45, 7) is 16.9. The summed E-state index contributed by atoms with van der Waals surface area (Å²) in [7, 11) is 0. The van der Waals surface area contributed by atoms with Crippen molar-refractivity contribution in [2.75, 3.05) is 25.4 Å². The quantitative estimate of drug-likeness (QED) is 0.0729. The van der Waals surface area contributed by atoms with E-state index < -0.39 is 16.2 Å². The largest absolute Gasteiger partial charge is 0.356 e. The molecule has 0 aromatic rings. The fourth-order valence-corrected chi connectivity index (χ4v) is 15.7. The highest BCUT2D eigenvalue weighted by molar-refractivity contribution is 8.00. The van der Waals surface area contributed by atoms with Crippen LogP contribution in [0.15, 0.2) is 23.3 Å². The zero-order valence-corrected chi connectivity index (χ0v) is 40.6. The predicted molar refractivity (Wildman–Crippen MR) is 250 cm³/mol. The highest BCUT2D eigenvalue weighted by Crippen LogP contribution is 2.74. The van der Waals surface area contributed by atoms with E-state index in [0.29, 0.717) is 50.6 Å². The molecule has 3 saturated carbocycles. The number of ketones is 2. The normalized spacial score (nSPS) is 36.6. The number of nitrogens with one attached hydrogen (secondary N) is 5. The van der Waals surface area contributed by atoms with Crippen LogP contribution < -0.4 is 26.6 Å². The van der Waals surface area contributed by atoms with Gasteiger partial charge in [0.25, 0.3) is 0 Å². The van der Waals surface area contributed by atoms with Crippen LogP contribution in [0.5, 0.6) is 0 Å². The molecular weight excluding hydrogens is 825 g/mol. The number of carbonyl (C=O) groups excluding carboxylic acids is 6.